The predicted molar refractivity (Wildman–Crippen MR) is 149 cm³/mol. The number of carbonyl (C=O) groups excluding carboxylic acids is 2. The molecular weight excluding hydrogens is 543 g/mol. The van der Waals surface area contributed by atoms with Crippen molar-refractivity contribution in [3.8, 4) is 11.3 Å². The van der Waals surface area contributed by atoms with Crippen molar-refractivity contribution >= 4 is 34.2 Å². The molecule has 9 nitrogen and oxygen atoms in total. The number of aliphatic hydroxyl groups excluding tert-OH is 2. The second-order valence-electron chi connectivity index (χ2n) is 11.6. The van der Waals surface area contributed by atoms with Crippen LogP contribution in [0.5, 0.6) is 0 Å². The van der Waals surface area contributed by atoms with Crippen molar-refractivity contribution in [1.29, 1.82) is 0 Å². The third-order valence-corrected chi connectivity index (χ3v) is 6.14. The first kappa shape index (κ1) is 31.8. The summed E-state index contributed by atoms with van der Waals surface area (Å²) in [6, 6.07) is 4.44. The van der Waals surface area contributed by atoms with Crippen LogP contribution < -0.4 is 21.4 Å². The zero-order chi connectivity index (χ0) is 30.9. The molecule has 0 bridgehead atoms. The molecular formula is C29H34F3N3O6. The molecule has 5 N–H and O–H groups in total. The van der Waals surface area contributed by atoms with Gasteiger partial charge in [0.15, 0.2) is 22.6 Å². The standard InChI is InChI=1S/C29H34F3N3O6/c1-28(2,3)26(39)34-16-9-8-14(12-15(16)30)18-13-17(37)19-23(35-27(40)29(4,5)6)21(31)20(22(32)24(19)41-18)25(38)33-10-7-11-36/h8-9,12-13,25,33,36,38H,7,10-11H2,1-6H3,(H,34,39)(H,35,40). The average molecular weight is 578 g/mol. The van der Waals surface area contributed by atoms with Crippen molar-refractivity contribution in [2.24, 2.45) is 10.8 Å². The first-order chi connectivity index (χ1) is 19.0. The van der Waals surface area contributed by atoms with Gasteiger partial charge >= 0.3 is 0 Å². The Morgan fingerprint density at radius 2 is 1.56 bits per heavy atom. The van der Waals surface area contributed by atoms with Gasteiger partial charge in [-0.3, -0.25) is 19.7 Å². The molecule has 0 aliphatic rings. The fourth-order valence-corrected chi connectivity index (χ4v) is 3.65. The maximum Gasteiger partial charge on any atom is 0.229 e. The summed E-state index contributed by atoms with van der Waals surface area (Å²) in [5.41, 5.74) is -5.29. The molecule has 222 valence electrons. The van der Waals surface area contributed by atoms with Gasteiger partial charge in [0.2, 0.25) is 11.8 Å². The van der Waals surface area contributed by atoms with Crippen molar-refractivity contribution in [3.05, 3.63) is 57.5 Å². The summed E-state index contributed by atoms with van der Waals surface area (Å²) in [6.07, 6.45) is -1.77. The number of benzene rings is 2. The van der Waals surface area contributed by atoms with E-state index in [1.807, 2.05) is 0 Å². The summed E-state index contributed by atoms with van der Waals surface area (Å²) < 4.78 is 52.0. The quantitative estimate of drug-likeness (QED) is 0.191. The van der Waals surface area contributed by atoms with E-state index in [0.717, 1.165) is 12.1 Å². The van der Waals surface area contributed by atoms with Crippen LogP contribution in [0.3, 0.4) is 0 Å². The highest BCUT2D eigenvalue weighted by molar-refractivity contribution is 6.03. The lowest BCUT2D eigenvalue weighted by atomic mass is 9.95. The van der Waals surface area contributed by atoms with Gasteiger partial charge in [-0.1, -0.05) is 41.5 Å². The Kier molecular flexibility index (Phi) is 9.31. The first-order valence-corrected chi connectivity index (χ1v) is 12.9. The number of nitrogens with one attached hydrogen (secondary N) is 3. The fourth-order valence-electron chi connectivity index (χ4n) is 3.65. The number of aliphatic hydroxyl groups is 2. The molecule has 1 heterocycles. The van der Waals surface area contributed by atoms with Crippen LogP contribution in [0.1, 0.15) is 59.8 Å². The van der Waals surface area contributed by atoms with E-state index in [4.69, 9.17) is 9.52 Å². The van der Waals surface area contributed by atoms with Gasteiger partial charge < -0.3 is 25.3 Å². The van der Waals surface area contributed by atoms with E-state index in [9.17, 15) is 23.9 Å². The summed E-state index contributed by atoms with van der Waals surface area (Å²) in [7, 11) is 0. The fraction of sp³-hybridized carbons (Fsp3) is 0.414. The monoisotopic (exact) mass is 577 g/mol. The number of anilines is 2. The van der Waals surface area contributed by atoms with Gasteiger partial charge in [-0.25, -0.2) is 13.2 Å². The van der Waals surface area contributed by atoms with E-state index in [0.29, 0.717) is 0 Å². The second-order valence-corrected chi connectivity index (χ2v) is 11.6. The molecule has 12 heteroatoms. The van der Waals surface area contributed by atoms with Crippen molar-refractivity contribution < 1.29 is 37.4 Å². The lowest BCUT2D eigenvalue weighted by Gasteiger charge is -2.22. The Morgan fingerprint density at radius 1 is 0.951 bits per heavy atom. The number of hydrogen-bond acceptors (Lipinski definition) is 7. The second kappa shape index (κ2) is 12.0. The number of fused-ring (bicyclic) bond motifs is 1. The van der Waals surface area contributed by atoms with Gasteiger partial charge in [0.1, 0.15) is 17.8 Å². The van der Waals surface area contributed by atoms with Crippen molar-refractivity contribution in [2.45, 2.75) is 54.2 Å². The van der Waals surface area contributed by atoms with Gasteiger partial charge in [-0.15, -0.1) is 0 Å². The topological polar surface area (TPSA) is 141 Å². The molecule has 0 aliphatic heterocycles. The molecule has 41 heavy (non-hydrogen) atoms. The Labute approximate surface area is 234 Å². The summed E-state index contributed by atoms with van der Waals surface area (Å²) >= 11 is 0. The van der Waals surface area contributed by atoms with E-state index in [2.05, 4.69) is 16.0 Å². The van der Waals surface area contributed by atoms with Crippen molar-refractivity contribution in [1.82, 2.24) is 5.32 Å². The predicted octanol–water partition coefficient (Wildman–Crippen LogP) is 4.81. The number of hydrogen-bond donors (Lipinski definition) is 5. The molecule has 1 atom stereocenters. The highest BCUT2D eigenvalue weighted by Crippen LogP contribution is 2.36. The van der Waals surface area contributed by atoms with Gasteiger partial charge in [-0.2, -0.15) is 0 Å². The maximum absolute atomic E-state index is 15.8. The van der Waals surface area contributed by atoms with Crippen LogP contribution in [0.2, 0.25) is 0 Å². The number of rotatable bonds is 8. The molecule has 2 amide bonds. The molecule has 3 aromatic rings. The molecule has 0 spiro atoms. The number of carbonyl (C=O) groups is 2. The van der Waals surface area contributed by atoms with Gasteiger partial charge in [0.25, 0.3) is 0 Å². The third kappa shape index (κ3) is 6.95. The molecule has 1 aromatic heterocycles. The lowest BCUT2D eigenvalue weighted by molar-refractivity contribution is -0.123. The Hall–Kier alpha value is -3.74. The smallest absolute Gasteiger partial charge is 0.229 e. The van der Waals surface area contributed by atoms with E-state index >= 15 is 8.78 Å². The van der Waals surface area contributed by atoms with E-state index in [1.54, 1.807) is 41.5 Å². The summed E-state index contributed by atoms with van der Waals surface area (Å²) in [5.74, 6) is -5.08. The van der Waals surface area contributed by atoms with Gasteiger partial charge in [0.05, 0.1) is 22.3 Å². The van der Waals surface area contributed by atoms with Crippen LogP contribution in [0.25, 0.3) is 22.3 Å². The molecule has 0 saturated carbocycles. The van der Waals surface area contributed by atoms with E-state index in [-0.39, 0.29) is 36.6 Å². The van der Waals surface area contributed by atoms with Crippen molar-refractivity contribution in [2.75, 3.05) is 23.8 Å². The van der Waals surface area contributed by atoms with E-state index in [1.165, 1.54) is 12.1 Å². The zero-order valence-electron chi connectivity index (χ0n) is 23.7. The Bertz CT molecular complexity index is 1540. The first-order valence-electron chi connectivity index (χ1n) is 12.9. The zero-order valence-corrected chi connectivity index (χ0v) is 23.7. The SMILES string of the molecule is CC(C)(C)C(=O)Nc1ccc(-c2cc(=O)c3c(NC(=O)C(C)(C)C)c(F)c(C(O)NCCCO)c(F)c3o2)cc1F. The van der Waals surface area contributed by atoms with Crippen LogP contribution in [-0.2, 0) is 9.59 Å². The molecule has 1 unspecified atom stereocenters. The minimum absolute atomic E-state index is 0.00225. The van der Waals surface area contributed by atoms with Crippen LogP contribution in [0.4, 0.5) is 24.5 Å². The molecule has 2 aromatic carbocycles. The number of halogens is 3. The van der Waals surface area contributed by atoms with E-state index < -0.39 is 74.0 Å². The average Bonchev–Trinajstić information content (AvgIpc) is 2.86. The molecule has 0 saturated heterocycles. The minimum atomic E-state index is -1.94. The lowest BCUT2D eigenvalue weighted by Crippen LogP contribution is -2.30. The molecule has 0 fully saturated rings. The summed E-state index contributed by atoms with van der Waals surface area (Å²) in [5, 5.41) is 26.1. The highest BCUT2D eigenvalue weighted by atomic mass is 19.1. The molecule has 0 aliphatic carbocycles. The normalized spacial score (nSPS) is 12.9. The van der Waals surface area contributed by atoms with Crippen LogP contribution in [-0.4, -0.2) is 35.2 Å². The Balaban J connectivity index is 2.22. The molecule has 3 rings (SSSR count). The highest BCUT2D eigenvalue weighted by Gasteiger charge is 2.31. The van der Waals surface area contributed by atoms with Crippen molar-refractivity contribution in [3.63, 3.8) is 0 Å². The third-order valence-electron chi connectivity index (χ3n) is 6.14. The van der Waals surface area contributed by atoms with Crippen LogP contribution in [0.15, 0.2) is 33.5 Å². The minimum Gasteiger partial charge on any atom is -0.453 e. The van der Waals surface area contributed by atoms with Crippen LogP contribution in [0, 0.1) is 28.3 Å². The maximum atomic E-state index is 15.8. The Morgan fingerprint density at radius 3 is 2.12 bits per heavy atom. The largest absolute Gasteiger partial charge is 0.453 e. The summed E-state index contributed by atoms with van der Waals surface area (Å²) in [6.45, 7) is 9.33. The van der Waals surface area contributed by atoms with Gasteiger partial charge in [0, 0.05) is 29.1 Å². The van der Waals surface area contributed by atoms with Crippen LogP contribution >= 0.6 is 0 Å². The molecule has 0 radical (unpaired) electrons. The number of amides is 2. The summed E-state index contributed by atoms with van der Waals surface area (Å²) in [4.78, 5) is 38.2. The van der Waals surface area contributed by atoms with Gasteiger partial charge in [-0.05, 0) is 31.2 Å².